The van der Waals surface area contributed by atoms with Crippen LogP contribution in [0.4, 0.5) is 0 Å². The number of benzene rings is 4. The van der Waals surface area contributed by atoms with Crippen LogP contribution >= 0.6 is 0 Å². The number of carbonyl (C=O) groups excluding carboxylic acids is 1. The van der Waals surface area contributed by atoms with Crippen LogP contribution in [0.3, 0.4) is 0 Å². The van der Waals surface area contributed by atoms with Crippen molar-refractivity contribution < 1.29 is 14.3 Å². The minimum absolute atomic E-state index is 0.0654. The monoisotopic (exact) mass is 491 g/mol. The Labute approximate surface area is 219 Å². The smallest absolute Gasteiger partial charge is 0.150 e. The highest BCUT2D eigenvalue weighted by Crippen LogP contribution is 2.42. The van der Waals surface area contributed by atoms with E-state index in [2.05, 4.69) is 55.1 Å². The molecule has 188 valence electrons. The zero-order chi connectivity index (χ0) is 25.8. The van der Waals surface area contributed by atoms with Gasteiger partial charge in [-0.15, -0.1) is 0 Å². The van der Waals surface area contributed by atoms with Crippen molar-refractivity contribution in [2.45, 2.75) is 45.5 Å². The largest absolute Gasteiger partial charge is 0.496 e. The molecule has 1 aliphatic rings. The lowest BCUT2D eigenvalue weighted by atomic mass is 9.80. The van der Waals surface area contributed by atoms with Gasteiger partial charge >= 0.3 is 0 Å². The van der Waals surface area contributed by atoms with Gasteiger partial charge in [-0.2, -0.15) is 0 Å². The van der Waals surface area contributed by atoms with E-state index in [-0.39, 0.29) is 5.54 Å². The molecule has 0 aliphatic carbocycles. The van der Waals surface area contributed by atoms with Gasteiger partial charge in [0.1, 0.15) is 18.1 Å². The number of hydrogen-bond donors (Lipinski definition) is 0. The Morgan fingerprint density at radius 3 is 2.19 bits per heavy atom. The summed E-state index contributed by atoms with van der Waals surface area (Å²) >= 11 is 0. The van der Waals surface area contributed by atoms with Crippen molar-refractivity contribution in [3.8, 4) is 22.6 Å². The first-order chi connectivity index (χ1) is 18.0. The molecule has 1 heterocycles. The second-order valence-corrected chi connectivity index (χ2v) is 10.2. The molecule has 0 saturated carbocycles. The number of ether oxygens (including phenoxy) is 2. The number of carbonyl (C=O) groups is 1. The minimum Gasteiger partial charge on any atom is -0.496 e. The van der Waals surface area contributed by atoms with E-state index in [0.717, 1.165) is 48.2 Å². The van der Waals surface area contributed by atoms with E-state index in [0.29, 0.717) is 17.9 Å². The van der Waals surface area contributed by atoms with Crippen LogP contribution in [0.25, 0.3) is 11.1 Å². The second-order valence-electron chi connectivity index (χ2n) is 10.2. The van der Waals surface area contributed by atoms with Gasteiger partial charge in [-0.25, -0.2) is 0 Å². The third-order valence-corrected chi connectivity index (χ3v) is 7.33. The van der Waals surface area contributed by atoms with Gasteiger partial charge in [-0.1, -0.05) is 66.7 Å². The Bertz CT molecular complexity index is 1380. The van der Waals surface area contributed by atoms with Gasteiger partial charge in [0.05, 0.1) is 7.11 Å². The molecule has 0 spiro atoms. The molecule has 0 amide bonds. The lowest BCUT2D eigenvalue weighted by Gasteiger charge is -2.44. The van der Waals surface area contributed by atoms with E-state index in [1.165, 1.54) is 16.7 Å². The highest BCUT2D eigenvalue weighted by Gasteiger charge is 2.35. The maximum atomic E-state index is 12.2. The molecule has 4 aromatic rings. The van der Waals surface area contributed by atoms with Crippen LogP contribution in [0.1, 0.15) is 46.5 Å². The molecule has 4 aromatic carbocycles. The topological polar surface area (TPSA) is 38.8 Å². The summed E-state index contributed by atoms with van der Waals surface area (Å²) in [6.45, 7) is 6.70. The number of nitrogens with zero attached hydrogens (tertiary/aromatic N) is 1. The van der Waals surface area contributed by atoms with Gasteiger partial charge in [-0.05, 0) is 72.4 Å². The molecule has 0 atom stereocenters. The van der Waals surface area contributed by atoms with Crippen molar-refractivity contribution in [3.05, 3.63) is 119 Å². The molecule has 4 nitrogen and oxygen atoms in total. The summed E-state index contributed by atoms with van der Waals surface area (Å²) in [7, 11) is 1.73. The number of rotatable bonds is 8. The van der Waals surface area contributed by atoms with Crippen LogP contribution in [-0.4, -0.2) is 23.8 Å². The Morgan fingerprint density at radius 1 is 0.838 bits per heavy atom. The molecule has 0 unspecified atom stereocenters. The zero-order valence-electron chi connectivity index (χ0n) is 21.7. The van der Waals surface area contributed by atoms with E-state index in [1.54, 1.807) is 7.11 Å². The first kappa shape index (κ1) is 24.8. The van der Waals surface area contributed by atoms with Crippen molar-refractivity contribution in [3.63, 3.8) is 0 Å². The summed E-state index contributed by atoms with van der Waals surface area (Å²) < 4.78 is 11.8. The molecule has 5 rings (SSSR count). The summed E-state index contributed by atoms with van der Waals surface area (Å²) in [6, 6.07) is 30.6. The SMILES string of the molecule is COc1ccc(-c2ccc(OCc3ccccc3)cc2C=O)c2c1CN(Cc1ccccc1)C(C)(C)C2. The van der Waals surface area contributed by atoms with Crippen LogP contribution in [0.5, 0.6) is 11.5 Å². The van der Waals surface area contributed by atoms with Gasteiger partial charge in [0.2, 0.25) is 0 Å². The Morgan fingerprint density at radius 2 is 1.51 bits per heavy atom. The highest BCUT2D eigenvalue weighted by atomic mass is 16.5. The van der Waals surface area contributed by atoms with Crippen LogP contribution in [0.15, 0.2) is 91.0 Å². The van der Waals surface area contributed by atoms with Crippen molar-refractivity contribution in [2.75, 3.05) is 7.11 Å². The predicted molar refractivity (Wildman–Crippen MR) is 148 cm³/mol. The quantitative estimate of drug-likeness (QED) is 0.247. The molecular weight excluding hydrogens is 458 g/mol. The molecule has 0 fully saturated rings. The summed E-state index contributed by atoms with van der Waals surface area (Å²) in [6.07, 6.45) is 1.78. The van der Waals surface area contributed by atoms with E-state index in [4.69, 9.17) is 9.47 Å². The molecule has 0 saturated heterocycles. The van der Waals surface area contributed by atoms with Gasteiger partial charge in [0, 0.05) is 29.8 Å². The lowest BCUT2D eigenvalue weighted by molar-refractivity contribution is 0.0877. The Kier molecular flexibility index (Phi) is 7.11. The molecular formula is C33H33NO3. The fourth-order valence-electron chi connectivity index (χ4n) is 5.23. The minimum atomic E-state index is -0.0654. The second kappa shape index (κ2) is 10.6. The average Bonchev–Trinajstić information content (AvgIpc) is 2.92. The maximum absolute atomic E-state index is 12.2. The third-order valence-electron chi connectivity index (χ3n) is 7.33. The molecule has 4 heteroatoms. The van der Waals surface area contributed by atoms with Crippen LogP contribution in [0, 0.1) is 0 Å². The maximum Gasteiger partial charge on any atom is 0.150 e. The summed E-state index contributed by atoms with van der Waals surface area (Å²) in [4.78, 5) is 14.7. The van der Waals surface area contributed by atoms with Gasteiger partial charge in [0.25, 0.3) is 0 Å². The van der Waals surface area contributed by atoms with E-state index >= 15 is 0 Å². The Hall–Kier alpha value is -3.89. The zero-order valence-corrected chi connectivity index (χ0v) is 21.7. The fourth-order valence-corrected chi connectivity index (χ4v) is 5.23. The first-order valence-corrected chi connectivity index (χ1v) is 12.7. The van der Waals surface area contributed by atoms with Crippen molar-refractivity contribution in [2.24, 2.45) is 0 Å². The average molecular weight is 492 g/mol. The number of aldehydes is 1. The van der Waals surface area contributed by atoms with Crippen LogP contribution in [0.2, 0.25) is 0 Å². The van der Waals surface area contributed by atoms with Crippen LogP contribution in [-0.2, 0) is 26.1 Å². The van der Waals surface area contributed by atoms with Crippen molar-refractivity contribution in [1.82, 2.24) is 4.90 Å². The van der Waals surface area contributed by atoms with Gasteiger partial charge in [-0.3, -0.25) is 9.69 Å². The number of hydrogen-bond acceptors (Lipinski definition) is 4. The summed E-state index contributed by atoms with van der Waals surface area (Å²) in [5, 5.41) is 0. The lowest BCUT2D eigenvalue weighted by Crippen LogP contribution is -2.48. The van der Waals surface area contributed by atoms with Crippen molar-refractivity contribution in [1.29, 1.82) is 0 Å². The van der Waals surface area contributed by atoms with E-state index in [1.807, 2.05) is 54.6 Å². The van der Waals surface area contributed by atoms with E-state index in [9.17, 15) is 4.79 Å². The normalized spacial score (nSPS) is 14.6. The molecule has 1 aliphatic heterocycles. The summed E-state index contributed by atoms with van der Waals surface area (Å²) in [5.41, 5.74) is 7.39. The number of fused-ring (bicyclic) bond motifs is 1. The standard InChI is InChI=1S/C33H33NO3/c1-33(2)19-30-29(16-17-32(36-3)31(30)21-34(33)20-24-10-6-4-7-11-24)28-15-14-27(18-26(28)22-35)37-23-25-12-8-5-9-13-25/h4-18,22H,19-21,23H2,1-3H3. The fraction of sp³-hybridized carbons (Fsp3) is 0.242. The molecule has 0 aromatic heterocycles. The number of methoxy groups -OCH3 is 1. The predicted octanol–water partition coefficient (Wildman–Crippen LogP) is 7.09. The molecule has 37 heavy (non-hydrogen) atoms. The molecule has 0 bridgehead atoms. The van der Waals surface area contributed by atoms with Gasteiger partial charge < -0.3 is 9.47 Å². The molecule has 0 radical (unpaired) electrons. The third kappa shape index (κ3) is 5.30. The molecule has 0 N–H and O–H groups in total. The first-order valence-electron chi connectivity index (χ1n) is 12.7. The van der Waals surface area contributed by atoms with Gasteiger partial charge in [0.15, 0.2) is 6.29 Å². The van der Waals surface area contributed by atoms with Crippen LogP contribution < -0.4 is 9.47 Å². The Balaban J connectivity index is 1.48. The van der Waals surface area contributed by atoms with Crippen molar-refractivity contribution >= 4 is 6.29 Å². The highest BCUT2D eigenvalue weighted by molar-refractivity contribution is 5.89. The summed E-state index contributed by atoms with van der Waals surface area (Å²) in [5.74, 6) is 1.58. The van der Waals surface area contributed by atoms with E-state index < -0.39 is 0 Å².